The van der Waals surface area contributed by atoms with Gasteiger partial charge in [0.1, 0.15) is 0 Å². The van der Waals surface area contributed by atoms with Crippen molar-refractivity contribution in [3.63, 3.8) is 0 Å². The van der Waals surface area contributed by atoms with Crippen LogP contribution in [0.3, 0.4) is 0 Å². The van der Waals surface area contributed by atoms with Gasteiger partial charge in [0.05, 0.1) is 5.69 Å². The number of hydrogen-bond acceptors (Lipinski definition) is 5. The highest BCUT2D eigenvalue weighted by atomic mass is 32.1. The smallest absolute Gasteiger partial charge is 0.240 e. The van der Waals surface area contributed by atoms with Crippen molar-refractivity contribution >= 4 is 33.8 Å². The van der Waals surface area contributed by atoms with Crippen LogP contribution in [0.15, 0.2) is 22.9 Å². The molecule has 3 heterocycles. The number of imidazole rings is 1. The van der Waals surface area contributed by atoms with Crippen LogP contribution in [0.4, 0.5) is 0 Å². The largest absolute Gasteiger partial charge is 0.356 e. The maximum Gasteiger partial charge on any atom is 0.240 e. The van der Waals surface area contributed by atoms with Crippen LogP contribution in [0.5, 0.6) is 0 Å². The molecule has 2 amide bonds. The Labute approximate surface area is 131 Å². The molecule has 0 aliphatic carbocycles. The van der Waals surface area contributed by atoms with Crippen LogP contribution in [-0.2, 0) is 16.0 Å². The van der Waals surface area contributed by atoms with Crippen LogP contribution in [0.1, 0.15) is 31.4 Å². The predicted molar refractivity (Wildman–Crippen MR) is 83.8 cm³/mol. The zero-order chi connectivity index (χ0) is 15.4. The van der Waals surface area contributed by atoms with Gasteiger partial charge in [0.25, 0.3) is 0 Å². The Balaban J connectivity index is 1.37. The van der Waals surface area contributed by atoms with Gasteiger partial charge in [-0.15, -0.1) is 11.3 Å². The molecule has 116 valence electrons. The third-order valence-electron chi connectivity index (χ3n) is 3.47. The standard InChI is InChI=1S/C14H17N5O2S/c20-12(3-1-10-2-4-13(21)18-17-10)15-6-5-11-9-19-7-8-22-14(19)16-11/h7-9H,1-6H2,(H,15,20)(H,18,21). The fourth-order valence-electron chi connectivity index (χ4n) is 2.26. The summed E-state index contributed by atoms with van der Waals surface area (Å²) in [6, 6.07) is 0. The summed E-state index contributed by atoms with van der Waals surface area (Å²) in [7, 11) is 0. The number of carbonyl (C=O) groups excluding carboxylic acids is 2. The maximum absolute atomic E-state index is 11.8. The molecule has 3 rings (SSSR count). The number of fused-ring (bicyclic) bond motifs is 1. The number of amides is 2. The van der Waals surface area contributed by atoms with Gasteiger partial charge in [-0.25, -0.2) is 10.4 Å². The first-order chi connectivity index (χ1) is 10.7. The van der Waals surface area contributed by atoms with Gasteiger partial charge < -0.3 is 5.32 Å². The van der Waals surface area contributed by atoms with Crippen molar-refractivity contribution < 1.29 is 9.59 Å². The van der Waals surface area contributed by atoms with Crippen LogP contribution in [0.25, 0.3) is 4.96 Å². The minimum Gasteiger partial charge on any atom is -0.356 e. The van der Waals surface area contributed by atoms with Gasteiger partial charge in [0.15, 0.2) is 4.96 Å². The number of hydrazone groups is 1. The lowest BCUT2D eigenvalue weighted by Crippen LogP contribution is -2.28. The van der Waals surface area contributed by atoms with Gasteiger partial charge in [0, 0.05) is 49.3 Å². The number of nitrogens with one attached hydrogen (secondary N) is 2. The molecule has 0 radical (unpaired) electrons. The summed E-state index contributed by atoms with van der Waals surface area (Å²) in [5.74, 6) is -0.0613. The molecular weight excluding hydrogens is 302 g/mol. The van der Waals surface area contributed by atoms with Gasteiger partial charge in [0.2, 0.25) is 11.8 Å². The average Bonchev–Trinajstić information content (AvgIpc) is 3.08. The molecule has 2 aromatic heterocycles. The molecule has 0 atom stereocenters. The molecule has 0 unspecified atom stereocenters. The second kappa shape index (κ2) is 6.69. The Morgan fingerprint density at radius 1 is 1.41 bits per heavy atom. The van der Waals surface area contributed by atoms with Gasteiger partial charge in [-0.1, -0.05) is 0 Å². The highest BCUT2D eigenvalue weighted by Gasteiger charge is 2.12. The molecule has 8 heteroatoms. The summed E-state index contributed by atoms with van der Waals surface area (Å²) in [4.78, 5) is 28.2. The van der Waals surface area contributed by atoms with Gasteiger partial charge in [-0.2, -0.15) is 5.10 Å². The topological polar surface area (TPSA) is 87.9 Å². The molecule has 0 aromatic carbocycles. The molecule has 0 spiro atoms. The molecule has 0 fully saturated rings. The second-order valence-corrected chi connectivity index (χ2v) is 6.01. The number of hydrogen-bond donors (Lipinski definition) is 2. The van der Waals surface area contributed by atoms with E-state index in [0.29, 0.717) is 32.2 Å². The number of thiazole rings is 1. The Bertz CT molecular complexity index is 689. The summed E-state index contributed by atoms with van der Waals surface area (Å²) < 4.78 is 1.98. The Hall–Kier alpha value is -2.22. The van der Waals surface area contributed by atoms with E-state index in [1.807, 2.05) is 22.2 Å². The first-order valence-corrected chi connectivity index (χ1v) is 8.11. The second-order valence-electron chi connectivity index (χ2n) is 5.14. The summed E-state index contributed by atoms with van der Waals surface area (Å²) in [5.41, 5.74) is 4.30. The van der Waals surface area contributed by atoms with E-state index in [2.05, 4.69) is 20.8 Å². The summed E-state index contributed by atoms with van der Waals surface area (Å²) in [6.07, 6.45) is 6.76. The molecular formula is C14H17N5O2S. The van der Waals surface area contributed by atoms with E-state index < -0.39 is 0 Å². The average molecular weight is 319 g/mol. The number of rotatable bonds is 6. The van der Waals surface area contributed by atoms with Crippen molar-refractivity contribution in [3.05, 3.63) is 23.5 Å². The molecule has 1 aliphatic heterocycles. The first kappa shape index (κ1) is 14.7. The Morgan fingerprint density at radius 2 is 2.32 bits per heavy atom. The summed E-state index contributed by atoms with van der Waals surface area (Å²) >= 11 is 1.59. The number of aromatic nitrogens is 2. The van der Waals surface area contributed by atoms with E-state index in [9.17, 15) is 9.59 Å². The van der Waals surface area contributed by atoms with E-state index in [1.165, 1.54) is 0 Å². The fraction of sp³-hybridized carbons (Fsp3) is 0.429. The molecule has 0 saturated carbocycles. The van der Waals surface area contributed by atoms with Crippen molar-refractivity contribution in [2.45, 2.75) is 32.1 Å². The number of carbonyl (C=O) groups is 2. The van der Waals surface area contributed by atoms with Crippen LogP contribution >= 0.6 is 11.3 Å². The molecule has 0 saturated heterocycles. The van der Waals surface area contributed by atoms with E-state index in [1.54, 1.807) is 11.3 Å². The van der Waals surface area contributed by atoms with Crippen LogP contribution in [0.2, 0.25) is 0 Å². The molecule has 2 N–H and O–H groups in total. The zero-order valence-corrected chi connectivity index (χ0v) is 12.9. The SMILES string of the molecule is O=C(CCC1=NNC(=O)CC1)NCCc1cn2ccsc2n1. The van der Waals surface area contributed by atoms with Crippen molar-refractivity contribution in [1.29, 1.82) is 0 Å². The minimum atomic E-state index is -0.0619. The van der Waals surface area contributed by atoms with Gasteiger partial charge in [-0.05, 0) is 12.8 Å². The molecule has 1 aliphatic rings. The van der Waals surface area contributed by atoms with Crippen molar-refractivity contribution in [1.82, 2.24) is 20.1 Å². The van der Waals surface area contributed by atoms with Crippen molar-refractivity contribution in [3.8, 4) is 0 Å². The lowest BCUT2D eigenvalue weighted by molar-refractivity contribution is -0.121. The molecule has 22 heavy (non-hydrogen) atoms. The van der Waals surface area contributed by atoms with Crippen LogP contribution in [-0.4, -0.2) is 33.5 Å². The number of nitrogens with zero attached hydrogens (tertiary/aromatic N) is 3. The maximum atomic E-state index is 11.8. The van der Waals surface area contributed by atoms with E-state index in [0.717, 1.165) is 22.8 Å². The minimum absolute atomic E-state index is 0.000575. The first-order valence-electron chi connectivity index (χ1n) is 7.23. The zero-order valence-electron chi connectivity index (χ0n) is 12.0. The van der Waals surface area contributed by atoms with Crippen molar-refractivity contribution in [2.24, 2.45) is 5.10 Å². The summed E-state index contributed by atoms with van der Waals surface area (Å²) in [5, 5.41) is 8.83. The normalized spacial score (nSPS) is 14.7. The Kier molecular flexibility index (Phi) is 4.47. The Morgan fingerprint density at radius 3 is 3.09 bits per heavy atom. The van der Waals surface area contributed by atoms with Gasteiger partial charge >= 0.3 is 0 Å². The van der Waals surface area contributed by atoms with Gasteiger partial charge in [-0.3, -0.25) is 14.0 Å². The lowest BCUT2D eigenvalue weighted by atomic mass is 10.1. The van der Waals surface area contributed by atoms with Crippen LogP contribution < -0.4 is 10.7 Å². The van der Waals surface area contributed by atoms with Crippen molar-refractivity contribution in [2.75, 3.05) is 6.54 Å². The molecule has 0 bridgehead atoms. The third kappa shape index (κ3) is 3.70. The lowest BCUT2D eigenvalue weighted by Gasteiger charge is -2.11. The highest BCUT2D eigenvalue weighted by molar-refractivity contribution is 7.15. The third-order valence-corrected chi connectivity index (χ3v) is 4.24. The van der Waals surface area contributed by atoms with Crippen LogP contribution in [0, 0.1) is 0 Å². The predicted octanol–water partition coefficient (Wildman–Crippen LogP) is 1.10. The monoisotopic (exact) mass is 319 g/mol. The summed E-state index contributed by atoms with van der Waals surface area (Å²) in [6.45, 7) is 0.576. The van der Waals surface area contributed by atoms with E-state index >= 15 is 0 Å². The fourth-order valence-corrected chi connectivity index (χ4v) is 2.98. The quantitative estimate of drug-likeness (QED) is 0.836. The highest BCUT2D eigenvalue weighted by Crippen LogP contribution is 2.11. The van der Waals surface area contributed by atoms with E-state index in [-0.39, 0.29) is 11.8 Å². The van der Waals surface area contributed by atoms with E-state index in [4.69, 9.17) is 0 Å². The molecule has 7 nitrogen and oxygen atoms in total. The molecule has 2 aromatic rings.